The predicted octanol–water partition coefficient (Wildman–Crippen LogP) is 3.36. The Labute approximate surface area is 161 Å². The van der Waals surface area contributed by atoms with Gasteiger partial charge in [0.05, 0.1) is 18.4 Å². The summed E-state index contributed by atoms with van der Waals surface area (Å²) in [7, 11) is 2.19. The van der Waals surface area contributed by atoms with Crippen LogP contribution in [-0.2, 0) is 6.54 Å². The molecule has 0 saturated carbocycles. The molecule has 2 aliphatic rings. The van der Waals surface area contributed by atoms with Crippen LogP contribution in [0.15, 0.2) is 41.5 Å². The second-order valence-corrected chi connectivity index (χ2v) is 7.83. The van der Waals surface area contributed by atoms with Gasteiger partial charge in [-0.25, -0.2) is 4.98 Å². The standard InChI is InChI=1S/C22H28N4O/c1-15(2)27-19-6-5-18-13-24-22(20(18)12-19)17-7-8-23-21(11-17)26-10-9-25(4)16(3)14-26/h5-8,11-12,15-16H,9-10,13-14H2,1-4H3. The molecule has 0 N–H and O–H groups in total. The van der Waals surface area contributed by atoms with Gasteiger partial charge in [-0.3, -0.25) is 4.99 Å². The zero-order chi connectivity index (χ0) is 19.0. The maximum Gasteiger partial charge on any atom is 0.129 e. The maximum atomic E-state index is 5.88. The fourth-order valence-corrected chi connectivity index (χ4v) is 3.75. The van der Waals surface area contributed by atoms with Gasteiger partial charge in [0.1, 0.15) is 11.6 Å². The monoisotopic (exact) mass is 364 g/mol. The summed E-state index contributed by atoms with van der Waals surface area (Å²) in [5.41, 5.74) is 4.61. The van der Waals surface area contributed by atoms with E-state index in [-0.39, 0.29) is 6.10 Å². The third kappa shape index (κ3) is 3.69. The van der Waals surface area contributed by atoms with Gasteiger partial charge >= 0.3 is 0 Å². The zero-order valence-electron chi connectivity index (χ0n) is 16.6. The van der Waals surface area contributed by atoms with Crippen molar-refractivity contribution in [3.63, 3.8) is 0 Å². The van der Waals surface area contributed by atoms with Crippen molar-refractivity contribution in [2.75, 3.05) is 31.6 Å². The molecule has 1 aromatic heterocycles. The second kappa shape index (κ2) is 7.31. The number of aromatic nitrogens is 1. The molecule has 0 amide bonds. The summed E-state index contributed by atoms with van der Waals surface area (Å²) < 4.78 is 5.88. The number of ether oxygens (including phenoxy) is 1. The van der Waals surface area contributed by atoms with E-state index in [4.69, 9.17) is 9.73 Å². The molecule has 0 aliphatic carbocycles. The quantitative estimate of drug-likeness (QED) is 0.834. The molecule has 1 unspecified atom stereocenters. The summed E-state index contributed by atoms with van der Waals surface area (Å²) in [6.45, 7) is 10.2. The van der Waals surface area contributed by atoms with Crippen LogP contribution in [0.3, 0.4) is 0 Å². The van der Waals surface area contributed by atoms with Gasteiger partial charge in [0.2, 0.25) is 0 Å². The summed E-state index contributed by atoms with van der Waals surface area (Å²) in [6, 6.07) is 11.1. The number of hydrogen-bond acceptors (Lipinski definition) is 5. The summed E-state index contributed by atoms with van der Waals surface area (Å²) in [4.78, 5) is 14.2. The topological polar surface area (TPSA) is 41.0 Å². The van der Waals surface area contributed by atoms with E-state index < -0.39 is 0 Å². The summed E-state index contributed by atoms with van der Waals surface area (Å²) in [5, 5.41) is 0. The first-order valence-electron chi connectivity index (χ1n) is 9.77. The largest absolute Gasteiger partial charge is 0.491 e. The van der Waals surface area contributed by atoms with Crippen molar-refractivity contribution in [3.05, 3.63) is 53.2 Å². The highest BCUT2D eigenvalue weighted by Gasteiger charge is 2.23. The van der Waals surface area contributed by atoms with Crippen molar-refractivity contribution < 1.29 is 4.74 Å². The number of pyridine rings is 1. The van der Waals surface area contributed by atoms with Crippen molar-refractivity contribution in [2.45, 2.75) is 39.5 Å². The van der Waals surface area contributed by atoms with Crippen molar-refractivity contribution in [1.29, 1.82) is 0 Å². The van der Waals surface area contributed by atoms with Crippen LogP contribution in [0.25, 0.3) is 0 Å². The number of fused-ring (bicyclic) bond motifs is 1. The molecule has 1 fully saturated rings. The van der Waals surface area contributed by atoms with Crippen LogP contribution in [0.4, 0.5) is 5.82 Å². The van der Waals surface area contributed by atoms with E-state index in [1.54, 1.807) is 0 Å². The normalized spacial score (nSPS) is 20.0. The van der Waals surface area contributed by atoms with E-state index in [1.807, 2.05) is 12.3 Å². The smallest absolute Gasteiger partial charge is 0.129 e. The van der Waals surface area contributed by atoms with Crippen LogP contribution < -0.4 is 9.64 Å². The van der Waals surface area contributed by atoms with E-state index in [0.717, 1.165) is 49.0 Å². The molecule has 0 radical (unpaired) electrons. The van der Waals surface area contributed by atoms with Gasteiger partial charge in [0.15, 0.2) is 0 Å². The van der Waals surface area contributed by atoms with Crippen LogP contribution in [0, 0.1) is 0 Å². The van der Waals surface area contributed by atoms with Gasteiger partial charge in [-0.1, -0.05) is 6.07 Å². The molecule has 2 aromatic rings. The maximum absolute atomic E-state index is 5.88. The Bertz CT molecular complexity index is 861. The number of hydrogen-bond donors (Lipinski definition) is 0. The Morgan fingerprint density at radius 2 is 2.00 bits per heavy atom. The Morgan fingerprint density at radius 1 is 1.15 bits per heavy atom. The first kappa shape index (κ1) is 18.0. The lowest BCUT2D eigenvalue weighted by molar-refractivity contribution is 0.233. The molecule has 3 heterocycles. The molecule has 1 atom stereocenters. The Hall–Kier alpha value is -2.40. The molecule has 1 aromatic carbocycles. The van der Waals surface area contributed by atoms with Gasteiger partial charge < -0.3 is 14.5 Å². The molecule has 0 spiro atoms. The number of nitrogens with zero attached hydrogens (tertiary/aromatic N) is 4. The highest BCUT2D eigenvalue weighted by molar-refractivity contribution is 6.15. The van der Waals surface area contributed by atoms with Crippen LogP contribution in [-0.4, -0.2) is 54.4 Å². The fourth-order valence-electron chi connectivity index (χ4n) is 3.75. The van der Waals surface area contributed by atoms with E-state index in [9.17, 15) is 0 Å². The lowest BCUT2D eigenvalue weighted by Gasteiger charge is -2.38. The highest BCUT2D eigenvalue weighted by Crippen LogP contribution is 2.28. The van der Waals surface area contributed by atoms with E-state index in [2.05, 4.69) is 66.9 Å². The fraction of sp³-hybridized carbons (Fsp3) is 0.455. The van der Waals surface area contributed by atoms with Crippen LogP contribution in [0.5, 0.6) is 5.75 Å². The van der Waals surface area contributed by atoms with Gasteiger partial charge in [-0.05, 0) is 57.6 Å². The van der Waals surface area contributed by atoms with Crippen LogP contribution in [0.1, 0.15) is 37.5 Å². The number of likely N-dealkylation sites (N-methyl/N-ethyl adjacent to an activating group) is 1. The zero-order valence-corrected chi connectivity index (χ0v) is 16.6. The molecule has 5 nitrogen and oxygen atoms in total. The van der Waals surface area contributed by atoms with Gasteiger partial charge in [0, 0.05) is 43.0 Å². The average Bonchev–Trinajstić information content (AvgIpc) is 3.07. The summed E-state index contributed by atoms with van der Waals surface area (Å²) >= 11 is 0. The van der Waals surface area contributed by atoms with Crippen molar-refractivity contribution in [3.8, 4) is 5.75 Å². The highest BCUT2D eigenvalue weighted by atomic mass is 16.5. The molecule has 5 heteroatoms. The third-order valence-corrected chi connectivity index (χ3v) is 5.42. The van der Waals surface area contributed by atoms with Gasteiger partial charge in [-0.2, -0.15) is 0 Å². The van der Waals surface area contributed by atoms with E-state index in [0.29, 0.717) is 6.04 Å². The molecule has 0 bridgehead atoms. The van der Waals surface area contributed by atoms with Gasteiger partial charge in [-0.15, -0.1) is 0 Å². The number of piperazine rings is 1. The summed E-state index contributed by atoms with van der Waals surface area (Å²) in [5.74, 6) is 1.94. The first-order chi connectivity index (χ1) is 13.0. The SMILES string of the molecule is CC(C)Oc1ccc2c(c1)C(c1ccnc(N3CCN(C)C(C)C3)c1)=NC2. The Kier molecular flexibility index (Phi) is 4.87. The minimum absolute atomic E-state index is 0.164. The molecule has 1 saturated heterocycles. The van der Waals surface area contributed by atoms with Crippen LogP contribution >= 0.6 is 0 Å². The van der Waals surface area contributed by atoms with Crippen molar-refractivity contribution in [2.24, 2.45) is 4.99 Å². The van der Waals surface area contributed by atoms with Crippen molar-refractivity contribution in [1.82, 2.24) is 9.88 Å². The molecular formula is C22H28N4O. The second-order valence-electron chi connectivity index (χ2n) is 7.83. The number of aliphatic imine (C=N–C) groups is 1. The van der Waals surface area contributed by atoms with Crippen LogP contribution in [0.2, 0.25) is 0 Å². The molecule has 27 heavy (non-hydrogen) atoms. The Morgan fingerprint density at radius 3 is 2.78 bits per heavy atom. The third-order valence-electron chi connectivity index (χ3n) is 5.42. The summed E-state index contributed by atoms with van der Waals surface area (Å²) in [6.07, 6.45) is 2.07. The van der Waals surface area contributed by atoms with Gasteiger partial charge in [0.25, 0.3) is 0 Å². The molecular weight excluding hydrogens is 336 g/mol. The predicted molar refractivity (Wildman–Crippen MR) is 110 cm³/mol. The molecule has 2 aliphatic heterocycles. The molecule has 142 valence electrons. The van der Waals surface area contributed by atoms with Crippen molar-refractivity contribution >= 4 is 11.5 Å². The first-order valence-corrected chi connectivity index (χ1v) is 9.77. The number of anilines is 1. The minimum atomic E-state index is 0.164. The average molecular weight is 364 g/mol. The number of benzene rings is 1. The molecule has 4 rings (SSSR count). The number of rotatable bonds is 4. The van der Waals surface area contributed by atoms with E-state index in [1.165, 1.54) is 11.1 Å². The lowest BCUT2D eigenvalue weighted by Crippen LogP contribution is -2.50. The Balaban J connectivity index is 1.61. The van der Waals surface area contributed by atoms with E-state index >= 15 is 0 Å². The minimum Gasteiger partial charge on any atom is -0.491 e. The lowest BCUT2D eigenvalue weighted by atomic mass is 10.0.